The van der Waals surface area contributed by atoms with Crippen LogP contribution in [-0.2, 0) is 6.42 Å². The lowest BCUT2D eigenvalue weighted by molar-refractivity contribution is 0.410. The van der Waals surface area contributed by atoms with Gasteiger partial charge in [0.15, 0.2) is 0 Å². The molecule has 3 N–H and O–H groups in total. The fraction of sp³-hybridized carbons (Fsp3) is 0.625. The van der Waals surface area contributed by atoms with Crippen molar-refractivity contribution in [2.45, 2.75) is 45.6 Å². The number of hydrogen-bond donors (Lipinski definition) is 2. The summed E-state index contributed by atoms with van der Waals surface area (Å²) in [5, 5.41) is 3.48. The van der Waals surface area contributed by atoms with Crippen LogP contribution < -0.4 is 15.8 Å². The van der Waals surface area contributed by atoms with Gasteiger partial charge in [0.05, 0.1) is 7.11 Å². The maximum atomic E-state index is 6.07. The third-order valence-electron chi connectivity index (χ3n) is 4.35. The van der Waals surface area contributed by atoms with Crippen LogP contribution in [0.15, 0.2) is 6.07 Å². The summed E-state index contributed by atoms with van der Waals surface area (Å²) in [6.45, 7) is 8.41. The molecule has 0 amide bonds. The van der Waals surface area contributed by atoms with Crippen LogP contribution >= 0.6 is 0 Å². The molecule has 3 nitrogen and oxygen atoms in total. The highest BCUT2D eigenvalue weighted by Gasteiger charge is 2.37. The summed E-state index contributed by atoms with van der Waals surface area (Å²) in [4.78, 5) is 0. The first-order valence-electron chi connectivity index (χ1n) is 7.10. The molecule has 2 rings (SSSR count). The fourth-order valence-corrected chi connectivity index (χ4v) is 2.58. The zero-order valence-electron chi connectivity index (χ0n) is 12.6. The van der Waals surface area contributed by atoms with E-state index in [0.29, 0.717) is 0 Å². The molecule has 0 radical (unpaired) electrons. The number of benzene rings is 1. The van der Waals surface area contributed by atoms with Gasteiger partial charge in [0.2, 0.25) is 0 Å². The van der Waals surface area contributed by atoms with Crippen LogP contribution in [0.4, 0.5) is 0 Å². The predicted octanol–water partition coefficient (Wildman–Crippen LogP) is 2.24. The van der Waals surface area contributed by atoms with E-state index in [1.165, 1.54) is 35.1 Å². The Morgan fingerprint density at radius 1 is 1.26 bits per heavy atom. The van der Waals surface area contributed by atoms with Crippen molar-refractivity contribution in [1.29, 1.82) is 0 Å². The van der Waals surface area contributed by atoms with E-state index in [2.05, 4.69) is 32.2 Å². The molecule has 0 atom stereocenters. The molecule has 1 aromatic carbocycles. The second kappa shape index (κ2) is 5.51. The Morgan fingerprint density at radius 2 is 1.95 bits per heavy atom. The Labute approximate surface area is 116 Å². The zero-order chi connectivity index (χ0) is 14.0. The van der Waals surface area contributed by atoms with Gasteiger partial charge < -0.3 is 15.8 Å². The molecule has 106 valence electrons. The van der Waals surface area contributed by atoms with E-state index < -0.39 is 0 Å². The molecular formula is C16H26N2O. The predicted molar refractivity (Wildman–Crippen MR) is 79.9 cm³/mol. The number of aryl methyl sites for hydroxylation is 1. The molecule has 0 unspecified atom stereocenters. The van der Waals surface area contributed by atoms with Crippen LogP contribution in [0.2, 0.25) is 0 Å². The van der Waals surface area contributed by atoms with Gasteiger partial charge in [-0.05, 0) is 74.9 Å². The Hall–Kier alpha value is -1.06. The molecule has 1 aliphatic carbocycles. The number of hydrogen-bond acceptors (Lipinski definition) is 3. The highest BCUT2D eigenvalue weighted by Crippen LogP contribution is 2.31. The Bertz CT molecular complexity index is 464. The van der Waals surface area contributed by atoms with E-state index in [-0.39, 0.29) is 5.54 Å². The molecule has 1 fully saturated rings. The van der Waals surface area contributed by atoms with Crippen molar-refractivity contribution in [3.63, 3.8) is 0 Å². The summed E-state index contributed by atoms with van der Waals surface area (Å²) in [5.74, 6) is 0.991. The maximum absolute atomic E-state index is 6.07. The second-order valence-corrected chi connectivity index (χ2v) is 5.91. The first-order valence-corrected chi connectivity index (χ1v) is 7.10. The van der Waals surface area contributed by atoms with Crippen LogP contribution in [0.5, 0.6) is 5.75 Å². The standard InChI is InChI=1S/C16H26N2O/c1-11-9-15(19-4)13(3)12(2)14(11)5-8-18-10-16(17)6-7-16/h9,18H,5-8,10,17H2,1-4H3. The van der Waals surface area contributed by atoms with Crippen LogP contribution in [-0.4, -0.2) is 25.7 Å². The number of methoxy groups -OCH3 is 1. The highest BCUT2D eigenvalue weighted by atomic mass is 16.5. The molecule has 0 spiro atoms. The van der Waals surface area contributed by atoms with Gasteiger partial charge in [0.25, 0.3) is 0 Å². The molecule has 3 heteroatoms. The molecule has 1 saturated carbocycles. The minimum Gasteiger partial charge on any atom is -0.496 e. The highest BCUT2D eigenvalue weighted by molar-refractivity contribution is 5.48. The summed E-state index contributed by atoms with van der Waals surface area (Å²) in [6.07, 6.45) is 3.39. The Kier molecular flexibility index (Phi) is 4.16. The summed E-state index contributed by atoms with van der Waals surface area (Å²) < 4.78 is 5.41. The Morgan fingerprint density at radius 3 is 2.53 bits per heavy atom. The van der Waals surface area contributed by atoms with Crippen molar-refractivity contribution in [3.05, 3.63) is 28.3 Å². The average molecular weight is 262 g/mol. The molecular weight excluding hydrogens is 236 g/mol. The number of nitrogens with one attached hydrogen (secondary N) is 1. The summed E-state index contributed by atoms with van der Waals surface area (Å²) in [5.41, 5.74) is 11.5. The third kappa shape index (κ3) is 3.28. The van der Waals surface area contributed by atoms with E-state index in [1.54, 1.807) is 7.11 Å². The zero-order valence-corrected chi connectivity index (χ0v) is 12.6. The van der Waals surface area contributed by atoms with Gasteiger partial charge in [-0.3, -0.25) is 0 Å². The average Bonchev–Trinajstić information content (AvgIpc) is 3.11. The molecule has 1 aliphatic rings. The van der Waals surface area contributed by atoms with Gasteiger partial charge in [0, 0.05) is 12.1 Å². The van der Waals surface area contributed by atoms with Crippen molar-refractivity contribution in [2.24, 2.45) is 5.73 Å². The van der Waals surface area contributed by atoms with Crippen molar-refractivity contribution in [1.82, 2.24) is 5.32 Å². The van der Waals surface area contributed by atoms with Gasteiger partial charge >= 0.3 is 0 Å². The van der Waals surface area contributed by atoms with E-state index in [0.717, 1.165) is 25.3 Å². The van der Waals surface area contributed by atoms with Crippen LogP contribution in [0.25, 0.3) is 0 Å². The van der Waals surface area contributed by atoms with Gasteiger partial charge in [-0.1, -0.05) is 0 Å². The summed E-state index contributed by atoms with van der Waals surface area (Å²) >= 11 is 0. The molecule has 0 heterocycles. The van der Waals surface area contributed by atoms with Gasteiger partial charge in [-0.2, -0.15) is 0 Å². The van der Waals surface area contributed by atoms with Crippen molar-refractivity contribution < 1.29 is 4.74 Å². The SMILES string of the molecule is COc1cc(C)c(CCNCC2(N)CC2)c(C)c1C. The molecule has 0 aliphatic heterocycles. The lowest BCUT2D eigenvalue weighted by Gasteiger charge is -2.17. The lowest BCUT2D eigenvalue weighted by atomic mass is 9.95. The molecule has 0 bridgehead atoms. The summed E-state index contributed by atoms with van der Waals surface area (Å²) in [7, 11) is 1.73. The lowest BCUT2D eigenvalue weighted by Crippen LogP contribution is -2.36. The number of rotatable bonds is 6. The number of nitrogens with two attached hydrogens (primary N) is 1. The fourth-order valence-electron chi connectivity index (χ4n) is 2.58. The third-order valence-corrected chi connectivity index (χ3v) is 4.35. The van der Waals surface area contributed by atoms with Crippen LogP contribution in [0, 0.1) is 20.8 Å². The topological polar surface area (TPSA) is 47.3 Å². The largest absolute Gasteiger partial charge is 0.496 e. The first-order chi connectivity index (χ1) is 8.97. The summed E-state index contributed by atoms with van der Waals surface area (Å²) in [6, 6.07) is 2.14. The van der Waals surface area contributed by atoms with Crippen molar-refractivity contribution in [2.75, 3.05) is 20.2 Å². The number of ether oxygens (including phenoxy) is 1. The van der Waals surface area contributed by atoms with Crippen LogP contribution in [0.3, 0.4) is 0 Å². The van der Waals surface area contributed by atoms with E-state index >= 15 is 0 Å². The Balaban J connectivity index is 1.97. The first kappa shape index (κ1) is 14.4. The quantitative estimate of drug-likeness (QED) is 0.773. The molecule has 19 heavy (non-hydrogen) atoms. The minimum atomic E-state index is 0.0971. The van der Waals surface area contributed by atoms with Gasteiger partial charge in [-0.15, -0.1) is 0 Å². The second-order valence-electron chi connectivity index (χ2n) is 5.91. The monoisotopic (exact) mass is 262 g/mol. The van der Waals surface area contributed by atoms with Gasteiger partial charge in [0.1, 0.15) is 5.75 Å². The van der Waals surface area contributed by atoms with Crippen molar-refractivity contribution >= 4 is 0 Å². The normalized spacial score (nSPS) is 16.5. The van der Waals surface area contributed by atoms with Crippen LogP contribution in [0.1, 0.15) is 35.1 Å². The maximum Gasteiger partial charge on any atom is 0.122 e. The van der Waals surface area contributed by atoms with E-state index in [4.69, 9.17) is 10.5 Å². The smallest absolute Gasteiger partial charge is 0.122 e. The van der Waals surface area contributed by atoms with Crippen molar-refractivity contribution in [3.8, 4) is 5.75 Å². The minimum absolute atomic E-state index is 0.0971. The molecule has 0 saturated heterocycles. The van der Waals surface area contributed by atoms with E-state index in [1.807, 2.05) is 0 Å². The molecule has 1 aromatic rings. The van der Waals surface area contributed by atoms with E-state index in [9.17, 15) is 0 Å². The van der Waals surface area contributed by atoms with Gasteiger partial charge in [-0.25, -0.2) is 0 Å². The molecule has 0 aromatic heterocycles.